The number of hydrogen-bond acceptors (Lipinski definition) is 3. The first-order valence-electron chi connectivity index (χ1n) is 8.49. The molecular formula is C20H19ClN4O. The molecule has 1 aromatic carbocycles. The van der Waals surface area contributed by atoms with Crippen molar-refractivity contribution in [3.63, 3.8) is 0 Å². The van der Waals surface area contributed by atoms with Crippen molar-refractivity contribution in [2.24, 2.45) is 7.05 Å². The molecule has 6 heteroatoms. The molecule has 0 aliphatic carbocycles. The van der Waals surface area contributed by atoms with Crippen molar-refractivity contribution in [3.8, 4) is 0 Å². The van der Waals surface area contributed by atoms with Crippen molar-refractivity contribution in [2.75, 3.05) is 18.8 Å². The Bertz CT molecular complexity index is 1020. The fourth-order valence-corrected chi connectivity index (χ4v) is 3.73. The summed E-state index contributed by atoms with van der Waals surface area (Å²) in [4.78, 5) is 18.4. The van der Waals surface area contributed by atoms with E-state index in [0.717, 1.165) is 6.42 Å². The van der Waals surface area contributed by atoms with Crippen LogP contribution in [-0.2, 0) is 7.05 Å². The van der Waals surface area contributed by atoms with E-state index in [-0.39, 0.29) is 16.9 Å². The Morgan fingerprint density at radius 2 is 2.08 bits per heavy atom. The molecule has 0 atom stereocenters. The number of halogens is 1. The van der Waals surface area contributed by atoms with E-state index in [1.54, 1.807) is 17.0 Å². The summed E-state index contributed by atoms with van der Waals surface area (Å²) in [6, 6.07) is 11.5. The molecule has 2 N–H and O–H groups in total. The van der Waals surface area contributed by atoms with E-state index < -0.39 is 0 Å². The van der Waals surface area contributed by atoms with E-state index in [1.165, 1.54) is 22.0 Å². The molecule has 3 heterocycles. The minimum atomic E-state index is -0.0748. The van der Waals surface area contributed by atoms with Crippen LogP contribution < -0.4 is 5.73 Å². The maximum atomic E-state index is 12.7. The molecule has 2 aromatic heterocycles. The zero-order valence-electron chi connectivity index (χ0n) is 14.4. The monoisotopic (exact) mass is 366 g/mol. The Morgan fingerprint density at radius 1 is 1.27 bits per heavy atom. The van der Waals surface area contributed by atoms with Gasteiger partial charge in [0.2, 0.25) is 0 Å². The Morgan fingerprint density at radius 3 is 2.81 bits per heavy atom. The molecule has 0 saturated carbocycles. The second-order valence-electron chi connectivity index (χ2n) is 6.50. The quantitative estimate of drug-likeness (QED) is 0.703. The van der Waals surface area contributed by atoms with Crippen LogP contribution in [0.15, 0.2) is 48.7 Å². The molecule has 0 spiro atoms. The fraction of sp³-hybridized carbons (Fsp3) is 0.200. The standard InChI is InChI=1S/C20H19ClN4O/c1-24-12-16(15-4-2-3-5-17(15)24)13-6-8-25(9-7-13)20(26)14-10-18(21)23-19(22)11-14/h2-6,10-12H,7-9H2,1H3,(H2,22,23). The number of amides is 1. The van der Waals surface area contributed by atoms with Crippen molar-refractivity contribution in [2.45, 2.75) is 6.42 Å². The van der Waals surface area contributed by atoms with Gasteiger partial charge in [0, 0.05) is 48.4 Å². The van der Waals surface area contributed by atoms with E-state index in [2.05, 4.69) is 47.1 Å². The SMILES string of the molecule is Cn1cc(C2=CCN(C(=O)c3cc(N)nc(Cl)c3)CC2)c2ccccc21. The molecule has 0 unspecified atom stereocenters. The number of nitrogens with zero attached hydrogens (tertiary/aromatic N) is 3. The minimum absolute atomic E-state index is 0.0748. The molecule has 132 valence electrons. The van der Waals surface area contributed by atoms with Gasteiger partial charge in [-0.2, -0.15) is 0 Å². The van der Waals surface area contributed by atoms with Crippen molar-refractivity contribution in [3.05, 3.63) is 65.0 Å². The summed E-state index contributed by atoms with van der Waals surface area (Å²) >= 11 is 5.92. The van der Waals surface area contributed by atoms with Crippen LogP contribution in [-0.4, -0.2) is 33.4 Å². The van der Waals surface area contributed by atoms with Crippen molar-refractivity contribution >= 4 is 39.8 Å². The van der Waals surface area contributed by atoms with Gasteiger partial charge in [-0.25, -0.2) is 4.98 Å². The highest BCUT2D eigenvalue weighted by Gasteiger charge is 2.21. The number of benzene rings is 1. The maximum absolute atomic E-state index is 12.7. The van der Waals surface area contributed by atoms with Gasteiger partial charge < -0.3 is 15.2 Å². The normalized spacial score (nSPS) is 14.5. The Hall–Kier alpha value is -2.79. The average Bonchev–Trinajstić information content (AvgIpc) is 2.98. The van der Waals surface area contributed by atoms with Crippen LogP contribution >= 0.6 is 11.6 Å². The molecular weight excluding hydrogens is 348 g/mol. The average molecular weight is 367 g/mol. The highest BCUT2D eigenvalue weighted by Crippen LogP contribution is 2.30. The molecule has 1 amide bonds. The van der Waals surface area contributed by atoms with Crippen LogP contribution in [0.2, 0.25) is 5.15 Å². The zero-order valence-corrected chi connectivity index (χ0v) is 15.2. The first-order valence-corrected chi connectivity index (χ1v) is 8.86. The van der Waals surface area contributed by atoms with Crippen LogP contribution in [0.3, 0.4) is 0 Å². The Kier molecular flexibility index (Phi) is 4.17. The number of fused-ring (bicyclic) bond motifs is 1. The lowest BCUT2D eigenvalue weighted by atomic mass is 9.98. The lowest BCUT2D eigenvalue weighted by Crippen LogP contribution is -2.34. The van der Waals surface area contributed by atoms with Gasteiger partial charge in [-0.15, -0.1) is 0 Å². The van der Waals surface area contributed by atoms with Gasteiger partial charge >= 0.3 is 0 Å². The number of nitrogen functional groups attached to an aromatic ring is 1. The molecule has 3 aromatic rings. The van der Waals surface area contributed by atoms with Crippen LogP contribution in [0.1, 0.15) is 22.3 Å². The van der Waals surface area contributed by atoms with E-state index in [0.29, 0.717) is 18.7 Å². The van der Waals surface area contributed by atoms with E-state index in [9.17, 15) is 4.79 Å². The summed E-state index contributed by atoms with van der Waals surface area (Å²) in [6.07, 6.45) is 5.11. The summed E-state index contributed by atoms with van der Waals surface area (Å²) in [6.45, 7) is 1.23. The summed E-state index contributed by atoms with van der Waals surface area (Å²) in [5.74, 6) is 0.180. The predicted molar refractivity (Wildman–Crippen MR) is 105 cm³/mol. The van der Waals surface area contributed by atoms with Crippen LogP contribution in [0.4, 0.5) is 5.82 Å². The van der Waals surface area contributed by atoms with Crippen molar-refractivity contribution in [1.29, 1.82) is 0 Å². The molecule has 0 saturated heterocycles. The topological polar surface area (TPSA) is 64.2 Å². The van der Waals surface area contributed by atoms with Crippen LogP contribution in [0, 0.1) is 0 Å². The van der Waals surface area contributed by atoms with Gasteiger partial charge in [-0.05, 0) is 30.2 Å². The third kappa shape index (κ3) is 2.95. The first-order chi connectivity index (χ1) is 12.5. The molecule has 0 bridgehead atoms. The maximum Gasteiger partial charge on any atom is 0.254 e. The summed E-state index contributed by atoms with van der Waals surface area (Å²) < 4.78 is 2.14. The summed E-state index contributed by atoms with van der Waals surface area (Å²) in [5, 5.41) is 1.48. The third-order valence-electron chi connectivity index (χ3n) is 4.80. The third-order valence-corrected chi connectivity index (χ3v) is 4.99. The highest BCUT2D eigenvalue weighted by atomic mass is 35.5. The van der Waals surface area contributed by atoms with Crippen molar-refractivity contribution < 1.29 is 4.79 Å². The summed E-state index contributed by atoms with van der Waals surface area (Å²) in [7, 11) is 2.06. The minimum Gasteiger partial charge on any atom is -0.384 e. The van der Waals surface area contributed by atoms with Gasteiger partial charge in [-0.3, -0.25) is 4.79 Å². The second-order valence-corrected chi connectivity index (χ2v) is 6.89. The van der Waals surface area contributed by atoms with E-state index >= 15 is 0 Å². The number of aromatic nitrogens is 2. The number of hydrogen-bond donors (Lipinski definition) is 1. The van der Waals surface area contributed by atoms with Crippen LogP contribution in [0.5, 0.6) is 0 Å². The number of nitrogens with two attached hydrogens (primary N) is 1. The number of anilines is 1. The largest absolute Gasteiger partial charge is 0.384 e. The van der Waals surface area contributed by atoms with Gasteiger partial charge in [0.25, 0.3) is 5.91 Å². The van der Waals surface area contributed by atoms with Gasteiger partial charge in [0.05, 0.1) is 0 Å². The molecule has 4 rings (SSSR count). The van der Waals surface area contributed by atoms with Gasteiger partial charge in [0.1, 0.15) is 11.0 Å². The van der Waals surface area contributed by atoms with Gasteiger partial charge in [-0.1, -0.05) is 35.9 Å². The smallest absolute Gasteiger partial charge is 0.254 e. The lowest BCUT2D eigenvalue weighted by molar-refractivity contribution is 0.0773. The molecule has 0 radical (unpaired) electrons. The predicted octanol–water partition coefficient (Wildman–Crippen LogP) is 3.74. The number of pyridine rings is 1. The number of aryl methyl sites for hydroxylation is 1. The molecule has 26 heavy (non-hydrogen) atoms. The Balaban J connectivity index is 1.59. The first kappa shape index (κ1) is 16.7. The lowest BCUT2D eigenvalue weighted by Gasteiger charge is -2.26. The number of para-hydroxylation sites is 1. The molecule has 1 aliphatic rings. The van der Waals surface area contributed by atoms with Crippen molar-refractivity contribution in [1.82, 2.24) is 14.5 Å². The fourth-order valence-electron chi connectivity index (χ4n) is 3.52. The van der Waals surface area contributed by atoms with E-state index in [4.69, 9.17) is 17.3 Å². The van der Waals surface area contributed by atoms with Gasteiger partial charge in [0.15, 0.2) is 0 Å². The summed E-state index contributed by atoms with van der Waals surface area (Å²) in [5.41, 5.74) is 9.91. The van der Waals surface area contributed by atoms with Crippen LogP contribution in [0.25, 0.3) is 16.5 Å². The molecule has 5 nitrogen and oxygen atoms in total. The number of carbonyl (C=O) groups is 1. The molecule has 1 aliphatic heterocycles. The Labute approximate surface area is 156 Å². The number of rotatable bonds is 2. The van der Waals surface area contributed by atoms with E-state index in [1.807, 2.05) is 6.07 Å². The molecule has 0 fully saturated rings. The second kappa shape index (κ2) is 6.50. The number of carbonyl (C=O) groups excluding carboxylic acids is 1. The highest BCUT2D eigenvalue weighted by molar-refractivity contribution is 6.29. The zero-order chi connectivity index (χ0) is 18.3.